The molecule has 1 amide bonds. The van der Waals surface area contributed by atoms with Crippen LogP contribution < -0.4 is 10.2 Å². The first-order valence-corrected chi connectivity index (χ1v) is 10.7. The van der Waals surface area contributed by atoms with Crippen molar-refractivity contribution in [3.05, 3.63) is 71.9 Å². The van der Waals surface area contributed by atoms with Crippen LogP contribution in [0.4, 0.5) is 5.82 Å². The van der Waals surface area contributed by atoms with Crippen molar-refractivity contribution in [3.8, 4) is 11.3 Å². The topological polar surface area (TPSA) is 75.7 Å². The molecule has 1 N–H and O–H groups in total. The van der Waals surface area contributed by atoms with Crippen molar-refractivity contribution in [3.63, 3.8) is 0 Å². The standard InChI is InChI=1S/C23H22ClN5O2/c24-19-8-2-1-7-18(19)20-13-21-22(25-9-11-29(21)27-20)28-10-3-5-16(15-28)23(30)26-14-17-6-4-12-31-17/h1-2,4,6-9,11-13,16H,3,5,10,14-15H2,(H,26,30). The van der Waals surface area contributed by atoms with E-state index in [-0.39, 0.29) is 11.8 Å². The van der Waals surface area contributed by atoms with Crippen LogP contribution in [0, 0.1) is 5.92 Å². The van der Waals surface area contributed by atoms with E-state index in [2.05, 4.69) is 20.3 Å². The van der Waals surface area contributed by atoms with Crippen molar-refractivity contribution in [2.24, 2.45) is 5.92 Å². The summed E-state index contributed by atoms with van der Waals surface area (Å²) in [5.41, 5.74) is 2.58. The first-order valence-electron chi connectivity index (χ1n) is 10.3. The summed E-state index contributed by atoms with van der Waals surface area (Å²) in [6.45, 7) is 1.87. The van der Waals surface area contributed by atoms with E-state index in [0.717, 1.165) is 47.7 Å². The molecule has 31 heavy (non-hydrogen) atoms. The Morgan fingerprint density at radius 1 is 1.26 bits per heavy atom. The number of anilines is 1. The summed E-state index contributed by atoms with van der Waals surface area (Å²) in [6.07, 6.45) is 6.96. The second-order valence-corrected chi connectivity index (χ2v) is 8.08. The fraction of sp³-hybridized carbons (Fsp3) is 0.261. The number of halogens is 1. The minimum atomic E-state index is -0.100. The van der Waals surface area contributed by atoms with Gasteiger partial charge in [0, 0.05) is 31.0 Å². The van der Waals surface area contributed by atoms with Crippen molar-refractivity contribution >= 4 is 28.8 Å². The van der Waals surface area contributed by atoms with Gasteiger partial charge in [-0.2, -0.15) is 5.10 Å². The number of carbonyl (C=O) groups excluding carboxylic acids is 1. The van der Waals surface area contributed by atoms with Gasteiger partial charge in [0.1, 0.15) is 11.3 Å². The fourth-order valence-corrected chi connectivity index (χ4v) is 4.30. The molecule has 0 radical (unpaired) electrons. The van der Waals surface area contributed by atoms with Crippen LogP contribution in [0.15, 0.2) is 65.5 Å². The van der Waals surface area contributed by atoms with Gasteiger partial charge >= 0.3 is 0 Å². The number of benzene rings is 1. The number of amides is 1. The number of piperidine rings is 1. The zero-order valence-corrected chi connectivity index (χ0v) is 17.6. The highest BCUT2D eigenvalue weighted by atomic mass is 35.5. The van der Waals surface area contributed by atoms with Crippen LogP contribution in [0.1, 0.15) is 18.6 Å². The molecule has 8 heteroatoms. The van der Waals surface area contributed by atoms with Gasteiger partial charge in [-0.3, -0.25) is 4.79 Å². The van der Waals surface area contributed by atoms with E-state index in [9.17, 15) is 4.79 Å². The van der Waals surface area contributed by atoms with Gasteiger partial charge in [-0.25, -0.2) is 9.50 Å². The fourth-order valence-electron chi connectivity index (χ4n) is 4.07. The van der Waals surface area contributed by atoms with Crippen molar-refractivity contribution in [1.29, 1.82) is 0 Å². The van der Waals surface area contributed by atoms with Gasteiger partial charge in [0.25, 0.3) is 0 Å². The van der Waals surface area contributed by atoms with E-state index in [1.165, 1.54) is 0 Å². The molecule has 1 fully saturated rings. The molecule has 1 unspecified atom stereocenters. The maximum absolute atomic E-state index is 12.7. The van der Waals surface area contributed by atoms with Crippen molar-refractivity contribution in [1.82, 2.24) is 19.9 Å². The highest BCUT2D eigenvalue weighted by Crippen LogP contribution is 2.31. The highest BCUT2D eigenvalue weighted by molar-refractivity contribution is 6.33. The zero-order chi connectivity index (χ0) is 21.2. The molecule has 0 bridgehead atoms. The van der Waals surface area contributed by atoms with Gasteiger partial charge in [0.2, 0.25) is 5.91 Å². The van der Waals surface area contributed by atoms with Gasteiger partial charge < -0.3 is 14.6 Å². The number of fused-ring (bicyclic) bond motifs is 1. The highest BCUT2D eigenvalue weighted by Gasteiger charge is 2.28. The normalized spacial score (nSPS) is 16.5. The number of furan rings is 1. The lowest BCUT2D eigenvalue weighted by atomic mass is 9.97. The first-order chi connectivity index (χ1) is 15.2. The molecule has 0 spiro atoms. The number of nitrogens with zero attached hydrogens (tertiary/aromatic N) is 4. The maximum Gasteiger partial charge on any atom is 0.225 e. The summed E-state index contributed by atoms with van der Waals surface area (Å²) in [7, 11) is 0. The third-order valence-corrected chi connectivity index (χ3v) is 5.96. The lowest BCUT2D eigenvalue weighted by molar-refractivity contribution is -0.125. The Morgan fingerprint density at radius 2 is 2.16 bits per heavy atom. The number of aromatic nitrogens is 3. The van der Waals surface area contributed by atoms with Crippen molar-refractivity contribution in [2.75, 3.05) is 18.0 Å². The Bertz CT molecular complexity index is 1200. The second-order valence-electron chi connectivity index (χ2n) is 7.67. The summed E-state index contributed by atoms with van der Waals surface area (Å²) in [5, 5.41) is 8.33. The molecule has 1 atom stereocenters. The molecule has 158 valence electrons. The Kier molecular flexibility index (Phi) is 5.34. The van der Waals surface area contributed by atoms with E-state index >= 15 is 0 Å². The SMILES string of the molecule is O=C(NCc1ccco1)C1CCCN(c2nccn3nc(-c4ccccc4Cl)cc23)C1. The second kappa shape index (κ2) is 8.43. The van der Waals surface area contributed by atoms with E-state index in [1.807, 2.05) is 53.2 Å². The quantitative estimate of drug-likeness (QED) is 0.509. The largest absolute Gasteiger partial charge is 0.467 e. The molecular formula is C23H22ClN5O2. The molecule has 0 aliphatic carbocycles. The molecule has 1 aliphatic rings. The van der Waals surface area contributed by atoms with Crippen LogP contribution >= 0.6 is 11.6 Å². The lowest BCUT2D eigenvalue weighted by Gasteiger charge is -2.33. The number of hydrogen-bond acceptors (Lipinski definition) is 5. The predicted molar refractivity (Wildman–Crippen MR) is 119 cm³/mol. The van der Waals surface area contributed by atoms with Crippen LogP contribution in [-0.2, 0) is 11.3 Å². The van der Waals surface area contributed by atoms with Gasteiger partial charge in [0.05, 0.1) is 29.4 Å². The average Bonchev–Trinajstić information content (AvgIpc) is 3.47. The lowest BCUT2D eigenvalue weighted by Crippen LogP contribution is -2.43. The van der Waals surface area contributed by atoms with Gasteiger partial charge in [-0.1, -0.05) is 29.8 Å². The van der Waals surface area contributed by atoms with Crippen molar-refractivity contribution < 1.29 is 9.21 Å². The number of rotatable bonds is 5. The summed E-state index contributed by atoms with van der Waals surface area (Å²) in [6, 6.07) is 13.3. The Hall–Kier alpha value is -3.32. The molecule has 5 rings (SSSR count). The third kappa shape index (κ3) is 4.01. The molecule has 4 aromatic rings. The Labute approximate surface area is 184 Å². The van der Waals surface area contributed by atoms with Gasteiger partial charge in [-0.05, 0) is 37.1 Å². The Balaban J connectivity index is 1.37. The van der Waals surface area contributed by atoms with Crippen LogP contribution in [0.2, 0.25) is 5.02 Å². The summed E-state index contributed by atoms with van der Waals surface area (Å²) >= 11 is 6.37. The van der Waals surface area contributed by atoms with Gasteiger partial charge in [-0.15, -0.1) is 0 Å². The molecule has 0 saturated carbocycles. The third-order valence-electron chi connectivity index (χ3n) is 5.63. The number of hydrogen-bond donors (Lipinski definition) is 1. The van der Waals surface area contributed by atoms with E-state index in [0.29, 0.717) is 18.1 Å². The monoisotopic (exact) mass is 435 g/mol. The first kappa shape index (κ1) is 19.6. The molecule has 3 aromatic heterocycles. The zero-order valence-electron chi connectivity index (χ0n) is 16.9. The molecule has 7 nitrogen and oxygen atoms in total. The molecule has 1 saturated heterocycles. The van der Waals surface area contributed by atoms with E-state index in [4.69, 9.17) is 16.0 Å². The van der Waals surface area contributed by atoms with E-state index in [1.54, 1.807) is 12.5 Å². The van der Waals surface area contributed by atoms with E-state index < -0.39 is 0 Å². The predicted octanol–water partition coefficient (Wildman–Crippen LogP) is 4.18. The molecule has 1 aromatic carbocycles. The van der Waals surface area contributed by atoms with Crippen LogP contribution in [0.25, 0.3) is 16.8 Å². The summed E-state index contributed by atoms with van der Waals surface area (Å²) in [4.78, 5) is 19.5. The summed E-state index contributed by atoms with van der Waals surface area (Å²) in [5.74, 6) is 1.52. The Morgan fingerprint density at radius 3 is 3.00 bits per heavy atom. The minimum Gasteiger partial charge on any atom is -0.467 e. The van der Waals surface area contributed by atoms with Crippen LogP contribution in [-0.4, -0.2) is 33.6 Å². The molecule has 4 heterocycles. The average molecular weight is 436 g/mol. The van der Waals surface area contributed by atoms with Crippen molar-refractivity contribution in [2.45, 2.75) is 19.4 Å². The van der Waals surface area contributed by atoms with Crippen LogP contribution in [0.3, 0.4) is 0 Å². The number of nitrogens with one attached hydrogen (secondary N) is 1. The summed E-state index contributed by atoms with van der Waals surface area (Å²) < 4.78 is 7.12. The maximum atomic E-state index is 12.7. The minimum absolute atomic E-state index is 0.0401. The number of carbonyl (C=O) groups is 1. The van der Waals surface area contributed by atoms with Gasteiger partial charge in [0.15, 0.2) is 5.82 Å². The molecule has 1 aliphatic heterocycles. The smallest absolute Gasteiger partial charge is 0.225 e. The molecular weight excluding hydrogens is 414 g/mol. The van der Waals surface area contributed by atoms with Crippen LogP contribution in [0.5, 0.6) is 0 Å².